The van der Waals surface area contributed by atoms with Gasteiger partial charge in [0.05, 0.1) is 7.11 Å². The van der Waals surface area contributed by atoms with Crippen LogP contribution in [0.2, 0.25) is 0 Å². The van der Waals surface area contributed by atoms with Crippen molar-refractivity contribution in [1.82, 2.24) is 5.32 Å². The van der Waals surface area contributed by atoms with E-state index in [2.05, 4.69) is 19.2 Å². The van der Waals surface area contributed by atoms with Crippen LogP contribution in [0.15, 0.2) is 52.3 Å². The van der Waals surface area contributed by atoms with E-state index in [0.29, 0.717) is 4.90 Å². The zero-order chi connectivity index (χ0) is 15.2. The Bertz CT molecular complexity index is 603. The third-order valence-corrected chi connectivity index (χ3v) is 4.37. The fraction of sp³-hybridized carbons (Fsp3) is 0.294. The standard InChI is InChI=1S/C17H20FNOS/c1-4-19-12(2)17-14(20-3)9-7-11-16(17)21-15-10-6-5-8-13(15)18/h5-12,19H,4H2,1-3H3. The number of methoxy groups -OCH3 is 1. The number of nitrogens with one attached hydrogen (secondary N) is 1. The van der Waals surface area contributed by atoms with Gasteiger partial charge in [-0.2, -0.15) is 0 Å². The van der Waals surface area contributed by atoms with Gasteiger partial charge in [0, 0.05) is 21.4 Å². The van der Waals surface area contributed by atoms with E-state index in [1.54, 1.807) is 19.2 Å². The molecule has 0 bridgehead atoms. The summed E-state index contributed by atoms with van der Waals surface area (Å²) in [7, 11) is 1.66. The molecule has 1 unspecified atom stereocenters. The maximum absolute atomic E-state index is 13.9. The van der Waals surface area contributed by atoms with E-state index in [4.69, 9.17) is 4.74 Å². The Labute approximate surface area is 129 Å². The van der Waals surface area contributed by atoms with Gasteiger partial charge in [-0.3, -0.25) is 0 Å². The molecule has 0 aromatic heterocycles. The summed E-state index contributed by atoms with van der Waals surface area (Å²) in [6.07, 6.45) is 0. The molecular weight excluding hydrogens is 285 g/mol. The molecule has 2 nitrogen and oxygen atoms in total. The summed E-state index contributed by atoms with van der Waals surface area (Å²) in [5.74, 6) is 0.622. The number of ether oxygens (including phenoxy) is 1. The predicted molar refractivity (Wildman–Crippen MR) is 85.6 cm³/mol. The van der Waals surface area contributed by atoms with Crippen LogP contribution in [0.1, 0.15) is 25.5 Å². The Morgan fingerprint density at radius 3 is 2.52 bits per heavy atom. The number of hydrogen-bond acceptors (Lipinski definition) is 3. The highest BCUT2D eigenvalue weighted by atomic mass is 32.2. The topological polar surface area (TPSA) is 21.3 Å². The minimum absolute atomic E-state index is 0.139. The zero-order valence-electron chi connectivity index (χ0n) is 12.5. The summed E-state index contributed by atoms with van der Waals surface area (Å²) in [4.78, 5) is 1.63. The molecule has 2 rings (SSSR count). The van der Waals surface area contributed by atoms with Crippen molar-refractivity contribution in [3.05, 3.63) is 53.8 Å². The first-order valence-electron chi connectivity index (χ1n) is 7.00. The van der Waals surface area contributed by atoms with Crippen LogP contribution in [0, 0.1) is 5.82 Å². The molecule has 0 aliphatic rings. The summed E-state index contributed by atoms with van der Waals surface area (Å²) in [6.45, 7) is 5.02. The summed E-state index contributed by atoms with van der Waals surface area (Å²) in [6, 6.07) is 12.8. The van der Waals surface area contributed by atoms with Crippen molar-refractivity contribution in [3.8, 4) is 5.75 Å². The molecule has 0 aliphatic heterocycles. The van der Waals surface area contributed by atoms with Gasteiger partial charge < -0.3 is 10.1 Å². The highest BCUT2D eigenvalue weighted by molar-refractivity contribution is 7.99. The van der Waals surface area contributed by atoms with Crippen molar-refractivity contribution in [2.75, 3.05) is 13.7 Å². The predicted octanol–water partition coefficient (Wildman–Crippen LogP) is 4.66. The first-order chi connectivity index (χ1) is 10.2. The number of hydrogen-bond donors (Lipinski definition) is 1. The SMILES string of the molecule is CCNC(C)c1c(OC)cccc1Sc1ccccc1F. The van der Waals surface area contributed by atoms with Gasteiger partial charge in [-0.15, -0.1) is 0 Å². The Balaban J connectivity index is 2.41. The van der Waals surface area contributed by atoms with E-state index in [0.717, 1.165) is 22.8 Å². The van der Waals surface area contributed by atoms with E-state index in [9.17, 15) is 4.39 Å². The normalized spacial score (nSPS) is 12.2. The summed E-state index contributed by atoms with van der Waals surface area (Å²) < 4.78 is 19.3. The Kier molecular flexibility index (Phi) is 5.65. The second-order valence-corrected chi connectivity index (χ2v) is 5.77. The molecule has 0 fully saturated rings. The van der Waals surface area contributed by atoms with Crippen molar-refractivity contribution in [2.24, 2.45) is 0 Å². The van der Waals surface area contributed by atoms with Gasteiger partial charge in [0.1, 0.15) is 11.6 Å². The lowest BCUT2D eigenvalue weighted by Crippen LogP contribution is -2.19. The largest absolute Gasteiger partial charge is 0.496 e. The molecule has 0 radical (unpaired) electrons. The molecule has 0 aliphatic carbocycles. The molecule has 4 heteroatoms. The van der Waals surface area contributed by atoms with Crippen molar-refractivity contribution in [2.45, 2.75) is 29.7 Å². The van der Waals surface area contributed by atoms with Gasteiger partial charge in [0.25, 0.3) is 0 Å². The molecule has 0 saturated heterocycles. The zero-order valence-corrected chi connectivity index (χ0v) is 13.3. The van der Waals surface area contributed by atoms with Crippen LogP contribution in [0.4, 0.5) is 4.39 Å². The molecule has 0 heterocycles. The second-order valence-electron chi connectivity index (χ2n) is 4.68. The average molecular weight is 305 g/mol. The van der Waals surface area contributed by atoms with Crippen LogP contribution in [-0.2, 0) is 0 Å². The molecule has 112 valence electrons. The van der Waals surface area contributed by atoms with Crippen LogP contribution < -0.4 is 10.1 Å². The highest BCUT2D eigenvalue weighted by Gasteiger charge is 2.17. The molecule has 0 amide bonds. The lowest BCUT2D eigenvalue weighted by molar-refractivity contribution is 0.400. The fourth-order valence-corrected chi connectivity index (χ4v) is 3.35. The lowest BCUT2D eigenvalue weighted by atomic mass is 10.1. The molecule has 2 aromatic carbocycles. The first kappa shape index (κ1) is 15.9. The molecule has 0 spiro atoms. The number of benzene rings is 2. The van der Waals surface area contributed by atoms with Crippen LogP contribution in [0.25, 0.3) is 0 Å². The maximum atomic E-state index is 13.9. The Morgan fingerprint density at radius 2 is 1.86 bits per heavy atom. The van der Waals surface area contributed by atoms with Crippen LogP contribution in [0.3, 0.4) is 0 Å². The molecule has 0 saturated carbocycles. The van der Waals surface area contributed by atoms with Crippen molar-refractivity contribution in [3.63, 3.8) is 0 Å². The Hall–Kier alpha value is -1.52. The average Bonchev–Trinajstić information content (AvgIpc) is 2.49. The smallest absolute Gasteiger partial charge is 0.137 e. The van der Waals surface area contributed by atoms with Crippen molar-refractivity contribution in [1.29, 1.82) is 0 Å². The lowest BCUT2D eigenvalue weighted by Gasteiger charge is -2.20. The Morgan fingerprint density at radius 1 is 1.14 bits per heavy atom. The van der Waals surface area contributed by atoms with E-state index < -0.39 is 0 Å². The monoisotopic (exact) mass is 305 g/mol. The minimum atomic E-state index is -0.202. The van der Waals surface area contributed by atoms with E-state index in [-0.39, 0.29) is 11.9 Å². The second kappa shape index (κ2) is 7.48. The minimum Gasteiger partial charge on any atom is -0.496 e. The highest BCUT2D eigenvalue weighted by Crippen LogP contribution is 2.39. The third kappa shape index (κ3) is 3.77. The van der Waals surface area contributed by atoms with Gasteiger partial charge in [-0.25, -0.2) is 4.39 Å². The van der Waals surface area contributed by atoms with Crippen molar-refractivity contribution >= 4 is 11.8 Å². The fourth-order valence-electron chi connectivity index (χ4n) is 2.27. The molecule has 2 aromatic rings. The van der Waals surface area contributed by atoms with E-state index in [1.165, 1.54) is 17.8 Å². The van der Waals surface area contributed by atoms with Crippen LogP contribution in [-0.4, -0.2) is 13.7 Å². The van der Waals surface area contributed by atoms with Gasteiger partial charge >= 0.3 is 0 Å². The molecule has 21 heavy (non-hydrogen) atoms. The summed E-state index contributed by atoms with van der Waals surface area (Å²) >= 11 is 1.43. The number of halogens is 1. The van der Waals surface area contributed by atoms with Gasteiger partial charge in [0.2, 0.25) is 0 Å². The maximum Gasteiger partial charge on any atom is 0.137 e. The first-order valence-corrected chi connectivity index (χ1v) is 7.81. The van der Waals surface area contributed by atoms with Gasteiger partial charge in [-0.05, 0) is 37.7 Å². The molecular formula is C17H20FNOS. The van der Waals surface area contributed by atoms with E-state index in [1.807, 2.05) is 24.3 Å². The van der Waals surface area contributed by atoms with E-state index >= 15 is 0 Å². The van der Waals surface area contributed by atoms with Crippen LogP contribution >= 0.6 is 11.8 Å². The summed E-state index contributed by atoms with van der Waals surface area (Å²) in [5.41, 5.74) is 1.06. The summed E-state index contributed by atoms with van der Waals surface area (Å²) in [5, 5.41) is 3.39. The van der Waals surface area contributed by atoms with Crippen LogP contribution in [0.5, 0.6) is 5.75 Å². The molecule has 1 atom stereocenters. The quantitative estimate of drug-likeness (QED) is 0.839. The van der Waals surface area contributed by atoms with Crippen molar-refractivity contribution < 1.29 is 9.13 Å². The molecule has 1 N–H and O–H groups in total. The van der Waals surface area contributed by atoms with Gasteiger partial charge in [-0.1, -0.05) is 36.9 Å². The van der Waals surface area contributed by atoms with Gasteiger partial charge in [0.15, 0.2) is 0 Å². The number of rotatable bonds is 6. The third-order valence-electron chi connectivity index (χ3n) is 3.25.